The zero-order valence-electron chi connectivity index (χ0n) is 55.6. The van der Waals surface area contributed by atoms with E-state index < -0.39 is 94.4 Å². The second-order valence-corrected chi connectivity index (χ2v) is 29.5. The van der Waals surface area contributed by atoms with Crippen molar-refractivity contribution in [3.63, 3.8) is 0 Å². The van der Waals surface area contributed by atoms with Gasteiger partial charge in [0.1, 0.15) is 47.5 Å². The number of amides is 8. The summed E-state index contributed by atoms with van der Waals surface area (Å²) in [6, 6.07) is -6.46. The average Bonchev–Trinajstić information content (AvgIpc) is 1.65. The third kappa shape index (κ3) is 22.1. The first-order chi connectivity index (χ1) is 41.2. The van der Waals surface area contributed by atoms with E-state index in [4.69, 9.17) is 18.9 Å². The lowest BCUT2D eigenvalue weighted by atomic mass is 9.83. The summed E-state index contributed by atoms with van der Waals surface area (Å²) in [5.74, 6) is -1.15. The van der Waals surface area contributed by atoms with Crippen LogP contribution in [0.3, 0.4) is 0 Å². The molecule has 4 heterocycles. The fourth-order valence-corrected chi connectivity index (χ4v) is 14.1. The van der Waals surface area contributed by atoms with Crippen molar-refractivity contribution in [2.45, 2.75) is 231 Å². The number of allylic oxidation sites excluding steroid dienone is 6. The highest BCUT2D eigenvalue weighted by Crippen LogP contribution is 2.48. The third-order valence-electron chi connectivity index (χ3n) is 16.2. The van der Waals surface area contributed by atoms with Crippen LogP contribution in [-0.4, -0.2) is 190 Å². The number of fused-ring (bicyclic) bond motifs is 2. The lowest BCUT2D eigenvalue weighted by molar-refractivity contribution is -0.144. The van der Waals surface area contributed by atoms with Crippen LogP contribution in [0.2, 0.25) is 0 Å². The van der Waals surface area contributed by atoms with E-state index >= 15 is 0 Å². The number of unbranched alkanes of at least 4 members (excludes halogenated alkanes) is 5. The summed E-state index contributed by atoms with van der Waals surface area (Å²) >= 11 is 3.20. The van der Waals surface area contributed by atoms with Crippen molar-refractivity contribution in [3.8, 4) is 0 Å². The summed E-state index contributed by atoms with van der Waals surface area (Å²) < 4.78 is 23.3. The fourth-order valence-electron chi connectivity index (χ4n) is 10.9. The van der Waals surface area contributed by atoms with Gasteiger partial charge in [-0.1, -0.05) is 115 Å². The van der Waals surface area contributed by atoms with Crippen molar-refractivity contribution in [1.82, 2.24) is 40.9 Å². The number of nitrogens with one attached hydrogen (secondary N) is 4. The Morgan fingerprint density at radius 2 is 0.943 bits per heavy atom. The SMILES string of the molecule is C=C(/C=C\C=C/C)[C@@H](COCCCCCCCCOC[C@@H](NC(=O)[C@H]1N2C(=O)[C@@H](NC(=O)[C@H](C)N(C)C(=O)OC(C)(C)C)CCS[C@H]2CC1(C)C)C(=C)/C=C\C=C/C)NC(=O)[C@H]1N2C(=O)[C@@H](NC(=O)[C@H](C)N(C)C(=O)OC(C)(C)C)CCS[C@H]2CC1(C)C. The van der Waals surface area contributed by atoms with Gasteiger partial charge in [0.2, 0.25) is 35.4 Å². The number of carbonyl (C=O) groups is 8. The first-order valence-electron chi connectivity index (χ1n) is 31.3. The van der Waals surface area contributed by atoms with Gasteiger partial charge >= 0.3 is 12.2 Å². The van der Waals surface area contributed by atoms with Crippen LogP contribution in [-0.2, 0) is 47.7 Å². The summed E-state index contributed by atoms with van der Waals surface area (Å²) in [7, 11) is 2.97. The van der Waals surface area contributed by atoms with Gasteiger partial charge in [-0.3, -0.25) is 38.6 Å². The van der Waals surface area contributed by atoms with Crippen LogP contribution in [0.15, 0.2) is 72.9 Å². The lowest BCUT2D eigenvalue weighted by Crippen LogP contribution is -2.59. The molecule has 10 atom stereocenters. The summed E-state index contributed by atoms with van der Waals surface area (Å²) in [5, 5.41) is 11.6. The highest BCUT2D eigenvalue weighted by Gasteiger charge is 2.56. The molecule has 0 aromatic rings. The summed E-state index contributed by atoms with van der Waals surface area (Å²) in [6.07, 6.45) is 21.0. The summed E-state index contributed by atoms with van der Waals surface area (Å²) in [4.78, 5) is 116. The minimum absolute atomic E-state index is 0.175. The average molecular weight is 1270 g/mol. The van der Waals surface area contributed by atoms with E-state index in [1.54, 1.807) is 88.7 Å². The molecule has 8 amide bonds. The van der Waals surface area contributed by atoms with Crippen LogP contribution < -0.4 is 21.3 Å². The summed E-state index contributed by atoms with van der Waals surface area (Å²) in [5.41, 5.74) is -1.41. The monoisotopic (exact) mass is 1270 g/mol. The number of hydrogen-bond donors (Lipinski definition) is 4. The third-order valence-corrected chi connectivity index (χ3v) is 18.7. The maximum Gasteiger partial charge on any atom is 0.410 e. The molecule has 20 nitrogen and oxygen atoms in total. The Labute approximate surface area is 534 Å². The van der Waals surface area contributed by atoms with Gasteiger partial charge in [0.15, 0.2) is 0 Å². The van der Waals surface area contributed by atoms with E-state index in [0.717, 1.165) is 38.5 Å². The number of carbonyl (C=O) groups excluding carboxylic acids is 8. The van der Waals surface area contributed by atoms with Gasteiger partial charge in [-0.15, -0.1) is 23.5 Å². The molecule has 22 heteroatoms. The predicted octanol–water partition coefficient (Wildman–Crippen LogP) is 9.37. The molecule has 88 heavy (non-hydrogen) atoms. The summed E-state index contributed by atoms with van der Waals surface area (Å²) in [6.45, 7) is 35.3. The minimum atomic E-state index is -0.919. The maximum atomic E-state index is 14.6. The van der Waals surface area contributed by atoms with E-state index in [9.17, 15) is 38.4 Å². The highest BCUT2D eigenvalue weighted by atomic mass is 32.2. The van der Waals surface area contributed by atoms with Crippen LogP contribution in [0, 0.1) is 10.8 Å². The Bertz CT molecular complexity index is 2400. The number of thioether (sulfide) groups is 2. The molecule has 4 saturated heterocycles. The standard InChI is InChI=1S/C66H106N8O12S2/c1-19-21-27-31-43(3)49(69-57(77)53-65(13,14)39-51-73(53)59(79)47(33-37-87-51)67-55(75)45(5)71(17)61(81)85-63(7,8)9)41-83-35-29-25-23-24-26-30-36-84-42-50(44(4)32-28-22-20-2)70-58(78)54-66(15,16)40-52-74(54)60(80)48(34-38-88-52)68-56(76)46(6)72(18)62(82)86-64(10,11)12/h19-22,27-28,31-32,45-54H,3-4,23-26,29-30,33-42H2,1-2,5-18H3,(H,67,75)(H,68,76)(H,69,77)(H,70,78)/b21-19-,22-20-,31-27-,32-28-/t45-,46-,47-,48-,49+,50+,51-,52-,53+,54+/m0/s1. The Kier molecular flexibility index (Phi) is 28.9. The molecule has 4 fully saturated rings. The molecule has 4 rings (SSSR count). The smallest absolute Gasteiger partial charge is 0.410 e. The molecule has 0 aliphatic carbocycles. The quantitative estimate of drug-likeness (QED) is 0.0404. The zero-order chi connectivity index (χ0) is 65.9. The molecule has 494 valence electrons. The maximum absolute atomic E-state index is 14.6. The Balaban J connectivity index is 1.29. The predicted molar refractivity (Wildman–Crippen MR) is 350 cm³/mol. The molecule has 0 unspecified atom stereocenters. The van der Waals surface area contributed by atoms with Gasteiger partial charge in [0, 0.05) is 27.3 Å². The molecular formula is C66H106N8O12S2. The van der Waals surface area contributed by atoms with Gasteiger partial charge < -0.3 is 50.0 Å². The van der Waals surface area contributed by atoms with E-state index in [-0.39, 0.29) is 47.6 Å². The molecule has 0 radical (unpaired) electrons. The van der Waals surface area contributed by atoms with Crippen molar-refractivity contribution in [2.75, 3.05) is 52.0 Å². The van der Waals surface area contributed by atoms with Crippen molar-refractivity contribution < 1.29 is 57.3 Å². The number of rotatable bonds is 29. The number of ether oxygens (including phenoxy) is 4. The first kappa shape index (κ1) is 74.9. The van der Waals surface area contributed by atoms with Crippen LogP contribution >= 0.6 is 23.5 Å². The highest BCUT2D eigenvalue weighted by molar-refractivity contribution is 8.00. The molecule has 4 aliphatic rings. The molecule has 0 spiro atoms. The Morgan fingerprint density at radius 3 is 1.27 bits per heavy atom. The zero-order valence-corrected chi connectivity index (χ0v) is 57.3. The van der Waals surface area contributed by atoms with Gasteiger partial charge in [0.05, 0.1) is 36.0 Å². The topological polar surface area (TPSA) is 235 Å². The molecule has 0 aromatic heterocycles. The van der Waals surface area contributed by atoms with Crippen LogP contribution in [0.5, 0.6) is 0 Å². The van der Waals surface area contributed by atoms with Gasteiger partial charge in [-0.05, 0) is 141 Å². The van der Waals surface area contributed by atoms with E-state index in [1.165, 1.54) is 23.9 Å². The minimum Gasteiger partial charge on any atom is -0.444 e. The van der Waals surface area contributed by atoms with Crippen molar-refractivity contribution in [1.29, 1.82) is 0 Å². The van der Waals surface area contributed by atoms with Crippen LogP contribution in [0.25, 0.3) is 0 Å². The second-order valence-electron chi connectivity index (χ2n) is 26.9. The van der Waals surface area contributed by atoms with Crippen molar-refractivity contribution in [3.05, 3.63) is 72.9 Å². The fraction of sp³-hybridized carbons (Fsp3) is 0.697. The van der Waals surface area contributed by atoms with Crippen LogP contribution in [0.1, 0.15) is 161 Å². The number of hydrogen-bond acceptors (Lipinski definition) is 14. The number of nitrogens with zero attached hydrogens (tertiary/aromatic N) is 4. The van der Waals surface area contributed by atoms with Gasteiger partial charge in [0.25, 0.3) is 0 Å². The first-order valence-corrected chi connectivity index (χ1v) is 33.4. The molecule has 0 saturated carbocycles. The lowest BCUT2D eigenvalue weighted by Gasteiger charge is -2.35. The van der Waals surface area contributed by atoms with Gasteiger partial charge in [-0.2, -0.15) is 0 Å². The van der Waals surface area contributed by atoms with Crippen LogP contribution in [0.4, 0.5) is 9.59 Å². The van der Waals surface area contributed by atoms with Crippen molar-refractivity contribution in [2.24, 2.45) is 10.8 Å². The molecule has 4 N–H and O–H groups in total. The largest absolute Gasteiger partial charge is 0.444 e. The van der Waals surface area contributed by atoms with E-state index in [0.29, 0.717) is 61.5 Å². The normalized spacial score (nSPS) is 23.4. The van der Waals surface area contributed by atoms with Gasteiger partial charge in [-0.25, -0.2) is 9.59 Å². The molecular weight excluding hydrogens is 1160 g/mol. The Morgan fingerprint density at radius 1 is 0.602 bits per heavy atom. The Hall–Kier alpha value is -5.58. The van der Waals surface area contributed by atoms with Crippen molar-refractivity contribution >= 4 is 71.2 Å². The van der Waals surface area contributed by atoms with E-state index in [1.807, 2.05) is 90.2 Å². The molecule has 0 aromatic carbocycles. The second kappa shape index (κ2) is 34.0. The van der Waals surface area contributed by atoms with E-state index in [2.05, 4.69) is 34.4 Å². The molecule has 0 bridgehead atoms. The molecule has 4 aliphatic heterocycles. The number of likely N-dealkylation sites (N-methyl/N-ethyl adjacent to an activating group) is 2.